The number of hydrogen-bond acceptors (Lipinski definition) is 5. The molecule has 0 aliphatic carbocycles. The number of aromatic nitrogens is 2. The average Bonchev–Trinajstić information content (AvgIpc) is 2.60. The Balaban J connectivity index is 1.70. The summed E-state index contributed by atoms with van der Waals surface area (Å²) in [6.45, 7) is -0.199. The number of nitrogens with one attached hydrogen (secondary N) is 1. The molecule has 2 aromatic carbocycles. The lowest BCUT2D eigenvalue weighted by molar-refractivity contribution is -0.118. The van der Waals surface area contributed by atoms with Gasteiger partial charge in [-0.05, 0) is 36.4 Å². The number of hydrogen-bond donors (Lipinski definition) is 1. The Morgan fingerprint density at radius 1 is 1.25 bits per heavy atom. The third-order valence-corrected chi connectivity index (χ3v) is 3.67. The summed E-state index contributed by atoms with van der Waals surface area (Å²) in [6.07, 6.45) is 1.39. The minimum atomic E-state index is -0.341. The Bertz CT molecular complexity index is 953. The number of carbonyl (C=O) groups excluding carboxylic acids is 1. The first-order valence-corrected chi connectivity index (χ1v) is 7.78. The fourth-order valence-corrected chi connectivity index (χ4v) is 2.48. The number of halogens is 1. The number of amides is 1. The van der Waals surface area contributed by atoms with E-state index < -0.39 is 0 Å². The molecule has 3 rings (SSSR count). The van der Waals surface area contributed by atoms with Crippen LogP contribution in [0.4, 0.5) is 5.69 Å². The lowest BCUT2D eigenvalue weighted by Gasteiger charge is -2.09. The SMILES string of the molecule is N#Cc1cccc(NC(=O)COc2ncnc3ccc(Br)cc23)c1. The second kappa shape index (κ2) is 7.06. The van der Waals surface area contributed by atoms with Crippen molar-refractivity contribution in [3.05, 3.63) is 58.8 Å². The molecular weight excluding hydrogens is 372 g/mol. The Labute approximate surface area is 146 Å². The zero-order chi connectivity index (χ0) is 16.9. The lowest BCUT2D eigenvalue weighted by Crippen LogP contribution is -2.20. The van der Waals surface area contributed by atoms with Gasteiger partial charge in [0, 0.05) is 10.2 Å². The van der Waals surface area contributed by atoms with Gasteiger partial charge in [-0.15, -0.1) is 0 Å². The lowest BCUT2D eigenvalue weighted by atomic mass is 10.2. The molecule has 0 saturated carbocycles. The molecule has 0 aliphatic heterocycles. The third-order valence-electron chi connectivity index (χ3n) is 3.18. The van der Waals surface area contributed by atoms with Gasteiger partial charge in [0.2, 0.25) is 5.88 Å². The quantitative estimate of drug-likeness (QED) is 0.747. The van der Waals surface area contributed by atoms with Crippen molar-refractivity contribution >= 4 is 38.4 Å². The number of benzene rings is 2. The maximum atomic E-state index is 12.0. The number of anilines is 1. The van der Waals surface area contributed by atoms with E-state index >= 15 is 0 Å². The molecule has 0 unspecified atom stereocenters. The molecule has 0 aliphatic rings. The van der Waals surface area contributed by atoms with Crippen LogP contribution in [0.2, 0.25) is 0 Å². The molecule has 0 spiro atoms. The topological polar surface area (TPSA) is 87.9 Å². The fraction of sp³-hybridized carbons (Fsp3) is 0.0588. The molecule has 7 heteroatoms. The van der Waals surface area contributed by atoms with Crippen molar-refractivity contribution in [1.82, 2.24) is 9.97 Å². The van der Waals surface area contributed by atoms with E-state index in [2.05, 4.69) is 31.2 Å². The minimum absolute atomic E-state index is 0.199. The van der Waals surface area contributed by atoms with E-state index in [4.69, 9.17) is 10.00 Å². The van der Waals surface area contributed by atoms with Gasteiger partial charge in [-0.3, -0.25) is 4.79 Å². The number of nitriles is 1. The highest BCUT2D eigenvalue weighted by atomic mass is 79.9. The summed E-state index contributed by atoms with van der Waals surface area (Å²) in [5.74, 6) is -0.00549. The molecule has 0 fully saturated rings. The maximum absolute atomic E-state index is 12.0. The van der Waals surface area contributed by atoms with Gasteiger partial charge in [-0.1, -0.05) is 22.0 Å². The molecule has 3 aromatic rings. The summed E-state index contributed by atoms with van der Waals surface area (Å²) >= 11 is 3.39. The van der Waals surface area contributed by atoms with E-state index in [1.807, 2.05) is 24.3 Å². The largest absolute Gasteiger partial charge is 0.467 e. The van der Waals surface area contributed by atoms with E-state index in [1.54, 1.807) is 24.3 Å². The van der Waals surface area contributed by atoms with Crippen molar-refractivity contribution in [1.29, 1.82) is 5.26 Å². The molecule has 6 nitrogen and oxygen atoms in total. The van der Waals surface area contributed by atoms with E-state index in [9.17, 15) is 4.79 Å². The monoisotopic (exact) mass is 382 g/mol. The Morgan fingerprint density at radius 2 is 2.12 bits per heavy atom. The first kappa shape index (κ1) is 15.9. The minimum Gasteiger partial charge on any atom is -0.467 e. The van der Waals surface area contributed by atoms with Crippen molar-refractivity contribution in [2.45, 2.75) is 0 Å². The van der Waals surface area contributed by atoms with Crippen LogP contribution in [0.15, 0.2) is 53.3 Å². The van der Waals surface area contributed by atoms with Crippen molar-refractivity contribution in [3.63, 3.8) is 0 Å². The zero-order valence-corrected chi connectivity index (χ0v) is 13.9. The zero-order valence-electron chi connectivity index (χ0n) is 12.4. The number of fused-ring (bicyclic) bond motifs is 1. The summed E-state index contributed by atoms with van der Waals surface area (Å²) in [7, 11) is 0. The van der Waals surface area contributed by atoms with E-state index in [0.29, 0.717) is 22.5 Å². The summed E-state index contributed by atoms with van der Waals surface area (Å²) in [5.41, 5.74) is 1.74. The van der Waals surface area contributed by atoms with Crippen molar-refractivity contribution in [2.24, 2.45) is 0 Å². The first-order chi connectivity index (χ1) is 11.7. The van der Waals surface area contributed by atoms with Gasteiger partial charge in [0.15, 0.2) is 6.61 Å². The Morgan fingerprint density at radius 3 is 2.96 bits per heavy atom. The van der Waals surface area contributed by atoms with Gasteiger partial charge >= 0.3 is 0 Å². The Hall–Kier alpha value is -2.98. The van der Waals surface area contributed by atoms with Crippen LogP contribution in [0, 0.1) is 11.3 Å². The van der Waals surface area contributed by atoms with Gasteiger partial charge < -0.3 is 10.1 Å². The standard InChI is InChI=1S/C17H11BrN4O2/c18-12-4-5-15-14(7-12)17(21-10-20-15)24-9-16(23)22-13-3-1-2-11(6-13)8-19/h1-7,10H,9H2,(H,22,23). The number of nitrogens with zero attached hydrogens (tertiary/aromatic N) is 3. The highest BCUT2D eigenvalue weighted by Crippen LogP contribution is 2.24. The molecule has 0 saturated heterocycles. The average molecular weight is 383 g/mol. The highest BCUT2D eigenvalue weighted by molar-refractivity contribution is 9.10. The van der Waals surface area contributed by atoms with Crippen molar-refractivity contribution < 1.29 is 9.53 Å². The van der Waals surface area contributed by atoms with Crippen LogP contribution in [-0.4, -0.2) is 22.5 Å². The number of ether oxygens (including phenoxy) is 1. The smallest absolute Gasteiger partial charge is 0.262 e. The first-order valence-electron chi connectivity index (χ1n) is 6.99. The summed E-state index contributed by atoms with van der Waals surface area (Å²) in [4.78, 5) is 20.2. The van der Waals surface area contributed by atoms with Gasteiger partial charge in [-0.2, -0.15) is 5.26 Å². The molecule has 1 heterocycles. The summed E-state index contributed by atoms with van der Waals surface area (Å²) in [5, 5.41) is 12.3. The van der Waals surface area contributed by atoms with Gasteiger partial charge in [0.1, 0.15) is 6.33 Å². The van der Waals surface area contributed by atoms with E-state index in [0.717, 1.165) is 9.99 Å². The van der Waals surface area contributed by atoms with Crippen LogP contribution >= 0.6 is 15.9 Å². The highest BCUT2D eigenvalue weighted by Gasteiger charge is 2.09. The second-order valence-electron chi connectivity index (χ2n) is 4.87. The number of rotatable bonds is 4. The van der Waals surface area contributed by atoms with Crippen LogP contribution < -0.4 is 10.1 Å². The van der Waals surface area contributed by atoms with Gasteiger partial charge in [0.05, 0.1) is 22.5 Å². The fourth-order valence-electron chi connectivity index (χ4n) is 2.12. The summed E-state index contributed by atoms with van der Waals surface area (Å²) < 4.78 is 6.38. The Kier molecular flexibility index (Phi) is 4.68. The van der Waals surface area contributed by atoms with Crippen LogP contribution in [0.5, 0.6) is 5.88 Å². The predicted molar refractivity (Wildman–Crippen MR) is 92.5 cm³/mol. The molecule has 0 radical (unpaired) electrons. The second-order valence-corrected chi connectivity index (χ2v) is 5.79. The molecule has 1 amide bonds. The maximum Gasteiger partial charge on any atom is 0.262 e. The molecular formula is C17H11BrN4O2. The molecule has 24 heavy (non-hydrogen) atoms. The number of carbonyl (C=O) groups is 1. The molecule has 0 atom stereocenters. The van der Waals surface area contributed by atoms with Crippen LogP contribution in [-0.2, 0) is 4.79 Å². The van der Waals surface area contributed by atoms with Gasteiger partial charge in [-0.25, -0.2) is 9.97 Å². The van der Waals surface area contributed by atoms with Crippen molar-refractivity contribution in [3.8, 4) is 11.9 Å². The van der Waals surface area contributed by atoms with Gasteiger partial charge in [0.25, 0.3) is 5.91 Å². The van der Waals surface area contributed by atoms with Crippen LogP contribution in [0.25, 0.3) is 10.9 Å². The van der Waals surface area contributed by atoms with Crippen molar-refractivity contribution in [2.75, 3.05) is 11.9 Å². The molecule has 1 aromatic heterocycles. The van der Waals surface area contributed by atoms with E-state index in [-0.39, 0.29) is 12.5 Å². The molecule has 0 bridgehead atoms. The predicted octanol–water partition coefficient (Wildman–Crippen LogP) is 3.28. The van der Waals surface area contributed by atoms with Crippen LogP contribution in [0.3, 0.4) is 0 Å². The third kappa shape index (κ3) is 3.67. The molecule has 118 valence electrons. The van der Waals surface area contributed by atoms with E-state index in [1.165, 1.54) is 6.33 Å². The normalized spacial score (nSPS) is 10.2. The van der Waals surface area contributed by atoms with Crippen LogP contribution in [0.1, 0.15) is 5.56 Å². The molecule has 1 N–H and O–H groups in total. The summed E-state index contributed by atoms with van der Waals surface area (Å²) in [6, 6.07) is 14.2.